The Morgan fingerprint density at radius 3 is 1.41 bits per heavy atom. The summed E-state index contributed by atoms with van der Waals surface area (Å²) in [6.07, 6.45) is 11.1. The Balaban J connectivity index is 1.88. The van der Waals surface area contributed by atoms with Gasteiger partial charge in [0.05, 0.1) is 11.1 Å². The van der Waals surface area contributed by atoms with Gasteiger partial charge in [0.25, 0.3) is 0 Å². The number of carbonyl (C=O) groups is 2. The molecule has 2 aromatic carbocycles. The van der Waals surface area contributed by atoms with Crippen LogP contribution in [0.15, 0.2) is 48.5 Å². The van der Waals surface area contributed by atoms with Gasteiger partial charge >= 0.3 is 11.9 Å². The number of carboxylic acid groups (broad SMARTS) is 2. The highest BCUT2D eigenvalue weighted by Crippen LogP contribution is 2.21. The zero-order valence-electron chi connectivity index (χ0n) is 18.8. The molecule has 0 aromatic heterocycles. The molecule has 2 N–H and O–H groups in total. The van der Waals surface area contributed by atoms with Gasteiger partial charge in [-0.1, -0.05) is 58.3 Å². The Labute approximate surface area is 190 Å². The fourth-order valence-corrected chi connectivity index (χ4v) is 3.42. The number of hydrogen-bond donors (Lipinski definition) is 2. The molecule has 0 saturated heterocycles. The largest absolute Gasteiger partial charge is 0.478 e. The summed E-state index contributed by atoms with van der Waals surface area (Å²) >= 11 is 0. The third-order valence-electron chi connectivity index (χ3n) is 5.28. The maximum atomic E-state index is 11.0. The topological polar surface area (TPSA) is 93.1 Å². The molecule has 0 fully saturated rings. The molecule has 6 heteroatoms. The van der Waals surface area contributed by atoms with Crippen LogP contribution in [0.2, 0.25) is 0 Å². The van der Waals surface area contributed by atoms with Crippen LogP contribution in [0.1, 0.15) is 91.8 Å². The summed E-state index contributed by atoms with van der Waals surface area (Å²) in [5.41, 5.74) is 0.385. The SMILES string of the molecule is CCCCCCCCCCCC(Oc1ccc(C(=O)O)cc1)Oc1ccc(C(=O)O)cc1. The van der Waals surface area contributed by atoms with E-state index in [-0.39, 0.29) is 11.1 Å². The second-order valence-corrected chi connectivity index (χ2v) is 7.94. The van der Waals surface area contributed by atoms with Gasteiger partial charge in [-0.2, -0.15) is 0 Å². The van der Waals surface area contributed by atoms with E-state index in [0.717, 1.165) is 12.8 Å². The summed E-state index contributed by atoms with van der Waals surface area (Å²) in [4.78, 5) is 22.1. The predicted octanol–water partition coefficient (Wildman–Crippen LogP) is 6.79. The minimum absolute atomic E-state index is 0.193. The number of carboxylic acids is 2. The summed E-state index contributed by atoms with van der Waals surface area (Å²) in [6, 6.07) is 12.4. The zero-order chi connectivity index (χ0) is 23.2. The van der Waals surface area contributed by atoms with Crippen molar-refractivity contribution in [3.8, 4) is 11.5 Å². The summed E-state index contributed by atoms with van der Waals surface area (Å²) in [7, 11) is 0. The number of benzene rings is 2. The zero-order valence-corrected chi connectivity index (χ0v) is 18.8. The summed E-state index contributed by atoms with van der Waals surface area (Å²) < 4.78 is 11.9. The van der Waals surface area contributed by atoms with Crippen molar-refractivity contribution < 1.29 is 29.3 Å². The number of hydrogen-bond acceptors (Lipinski definition) is 4. The van der Waals surface area contributed by atoms with Gasteiger partial charge in [0.15, 0.2) is 0 Å². The molecule has 0 unspecified atom stereocenters. The first-order valence-corrected chi connectivity index (χ1v) is 11.5. The van der Waals surface area contributed by atoms with E-state index in [1.165, 1.54) is 69.2 Å². The average Bonchev–Trinajstić information content (AvgIpc) is 2.78. The van der Waals surface area contributed by atoms with Crippen LogP contribution in [-0.2, 0) is 0 Å². The van der Waals surface area contributed by atoms with Crippen molar-refractivity contribution in [1.82, 2.24) is 0 Å². The van der Waals surface area contributed by atoms with Crippen LogP contribution in [0.5, 0.6) is 11.5 Å². The summed E-state index contributed by atoms with van der Waals surface area (Å²) in [5.74, 6) is -0.925. The van der Waals surface area contributed by atoms with Gasteiger partial charge in [-0.25, -0.2) is 9.59 Å². The van der Waals surface area contributed by atoms with E-state index in [4.69, 9.17) is 19.7 Å². The Morgan fingerprint density at radius 1 is 0.656 bits per heavy atom. The fourth-order valence-electron chi connectivity index (χ4n) is 3.42. The average molecular weight is 443 g/mol. The molecule has 0 bridgehead atoms. The Bertz CT molecular complexity index is 754. The molecule has 174 valence electrons. The Hall–Kier alpha value is -3.02. The van der Waals surface area contributed by atoms with E-state index in [1.54, 1.807) is 24.3 Å². The minimum Gasteiger partial charge on any atom is -0.478 e. The first-order chi connectivity index (χ1) is 15.5. The van der Waals surface area contributed by atoms with Crippen molar-refractivity contribution in [3.63, 3.8) is 0 Å². The number of ether oxygens (including phenoxy) is 2. The number of aromatic carboxylic acids is 2. The Morgan fingerprint density at radius 2 is 1.03 bits per heavy atom. The molecule has 0 saturated carbocycles. The van der Waals surface area contributed by atoms with Gasteiger partial charge in [-0.05, 0) is 55.0 Å². The smallest absolute Gasteiger partial charge is 0.335 e. The van der Waals surface area contributed by atoms with E-state index < -0.39 is 18.2 Å². The first-order valence-electron chi connectivity index (χ1n) is 11.5. The highest BCUT2D eigenvalue weighted by molar-refractivity contribution is 5.88. The third kappa shape index (κ3) is 9.41. The predicted molar refractivity (Wildman–Crippen MR) is 124 cm³/mol. The molecule has 0 amide bonds. The molecule has 0 aliphatic rings. The molecule has 2 aromatic rings. The van der Waals surface area contributed by atoms with Crippen LogP contribution in [0, 0.1) is 0 Å². The highest BCUT2D eigenvalue weighted by Gasteiger charge is 2.14. The minimum atomic E-state index is -0.988. The van der Waals surface area contributed by atoms with Gasteiger partial charge < -0.3 is 19.7 Å². The molecule has 0 radical (unpaired) electrons. The van der Waals surface area contributed by atoms with Crippen LogP contribution in [0.3, 0.4) is 0 Å². The van der Waals surface area contributed by atoms with Crippen molar-refractivity contribution in [2.45, 2.75) is 77.4 Å². The lowest BCUT2D eigenvalue weighted by atomic mass is 10.1. The third-order valence-corrected chi connectivity index (χ3v) is 5.28. The van der Waals surface area contributed by atoms with Crippen molar-refractivity contribution in [1.29, 1.82) is 0 Å². The van der Waals surface area contributed by atoms with E-state index in [0.29, 0.717) is 17.9 Å². The van der Waals surface area contributed by atoms with Gasteiger partial charge in [-0.3, -0.25) is 0 Å². The normalized spacial score (nSPS) is 10.8. The molecule has 6 nitrogen and oxygen atoms in total. The molecule has 32 heavy (non-hydrogen) atoms. The molecular weight excluding hydrogens is 408 g/mol. The first kappa shape index (κ1) is 25.2. The van der Waals surface area contributed by atoms with Gasteiger partial charge in [0, 0.05) is 6.42 Å². The maximum Gasteiger partial charge on any atom is 0.335 e. The summed E-state index contributed by atoms with van der Waals surface area (Å²) in [5, 5.41) is 18.1. The molecule has 0 heterocycles. The molecular formula is C26H34O6. The van der Waals surface area contributed by atoms with Gasteiger partial charge in [0.2, 0.25) is 6.29 Å². The highest BCUT2D eigenvalue weighted by atomic mass is 16.7. The molecule has 0 spiro atoms. The van der Waals surface area contributed by atoms with Crippen molar-refractivity contribution in [2.75, 3.05) is 0 Å². The molecule has 2 rings (SSSR count). The molecule has 0 aliphatic carbocycles. The lowest BCUT2D eigenvalue weighted by molar-refractivity contribution is -0.00246. The van der Waals surface area contributed by atoms with E-state index in [1.807, 2.05) is 0 Å². The van der Waals surface area contributed by atoms with Crippen LogP contribution < -0.4 is 9.47 Å². The van der Waals surface area contributed by atoms with Gasteiger partial charge in [-0.15, -0.1) is 0 Å². The molecule has 0 aliphatic heterocycles. The lowest BCUT2D eigenvalue weighted by Gasteiger charge is -2.21. The second kappa shape index (κ2) is 14.1. The fraction of sp³-hybridized carbons (Fsp3) is 0.462. The van der Waals surface area contributed by atoms with Crippen molar-refractivity contribution >= 4 is 11.9 Å². The summed E-state index contributed by atoms with van der Waals surface area (Å²) in [6.45, 7) is 2.22. The van der Waals surface area contributed by atoms with Crippen LogP contribution in [-0.4, -0.2) is 28.4 Å². The van der Waals surface area contributed by atoms with Crippen LogP contribution in [0.4, 0.5) is 0 Å². The van der Waals surface area contributed by atoms with Crippen LogP contribution in [0.25, 0.3) is 0 Å². The number of unbranched alkanes of at least 4 members (excludes halogenated alkanes) is 8. The van der Waals surface area contributed by atoms with Crippen molar-refractivity contribution in [3.05, 3.63) is 59.7 Å². The van der Waals surface area contributed by atoms with E-state index >= 15 is 0 Å². The Kier molecular flexibility index (Phi) is 11.1. The van der Waals surface area contributed by atoms with Crippen LogP contribution >= 0.6 is 0 Å². The van der Waals surface area contributed by atoms with Gasteiger partial charge in [0.1, 0.15) is 11.5 Å². The standard InChI is InChI=1S/C26H34O6/c1-2-3-4-5-6-7-8-9-10-11-24(31-22-16-12-20(13-17-22)25(27)28)32-23-18-14-21(15-19-23)26(29)30/h12-19,24H,2-11H2,1H3,(H,27,28)(H,29,30). The van der Waals surface area contributed by atoms with E-state index in [9.17, 15) is 9.59 Å². The van der Waals surface area contributed by atoms with E-state index in [2.05, 4.69) is 6.92 Å². The van der Waals surface area contributed by atoms with Crippen molar-refractivity contribution in [2.24, 2.45) is 0 Å². The lowest BCUT2D eigenvalue weighted by Crippen LogP contribution is -2.24. The maximum absolute atomic E-state index is 11.0. The molecule has 0 atom stereocenters. The quantitative estimate of drug-likeness (QED) is 0.220. The monoisotopic (exact) mass is 442 g/mol. The second-order valence-electron chi connectivity index (χ2n) is 7.94. The number of rotatable bonds is 16.